The summed E-state index contributed by atoms with van der Waals surface area (Å²) in [4.78, 5) is 0. The highest BCUT2D eigenvalue weighted by Gasteiger charge is 2.26. The lowest BCUT2D eigenvalue weighted by molar-refractivity contribution is 0.396. The molecule has 0 aromatic heterocycles. The summed E-state index contributed by atoms with van der Waals surface area (Å²) in [5.41, 5.74) is 3.57. The average Bonchev–Trinajstić information content (AvgIpc) is 2.17. The summed E-state index contributed by atoms with van der Waals surface area (Å²) in [6, 6.07) is 0.698. The van der Waals surface area contributed by atoms with Crippen LogP contribution >= 0.6 is 0 Å². The molecule has 2 aliphatic rings. The molecule has 74 valence electrons. The van der Waals surface area contributed by atoms with E-state index in [4.69, 9.17) is 0 Å². The highest BCUT2D eigenvalue weighted by atomic mass is 14.9. The van der Waals surface area contributed by atoms with E-state index in [0.717, 1.165) is 5.92 Å². The van der Waals surface area contributed by atoms with Crippen LogP contribution in [0.2, 0.25) is 0 Å². The summed E-state index contributed by atoms with van der Waals surface area (Å²) in [5, 5.41) is 3.66. The lowest BCUT2D eigenvalue weighted by Crippen LogP contribution is -2.41. The van der Waals surface area contributed by atoms with Crippen LogP contribution in [-0.4, -0.2) is 12.6 Å². The first-order chi connectivity index (χ1) is 6.29. The molecule has 0 saturated carbocycles. The fraction of sp³-hybridized carbons (Fsp3) is 0.833. The molecule has 0 amide bonds. The molecule has 1 heterocycles. The molecule has 2 rings (SSSR count). The minimum absolute atomic E-state index is 0.698. The highest BCUT2D eigenvalue weighted by molar-refractivity contribution is 5.25. The first kappa shape index (κ1) is 9.26. The normalized spacial score (nSPS) is 29.3. The molecule has 1 unspecified atom stereocenters. The van der Waals surface area contributed by atoms with E-state index >= 15 is 0 Å². The average molecular weight is 179 g/mol. The Bertz CT molecular complexity index is 211. The molecule has 1 N–H and O–H groups in total. The second-order valence-electron chi connectivity index (χ2n) is 4.76. The number of rotatable bonds is 1. The fourth-order valence-electron chi connectivity index (χ4n) is 2.79. The summed E-state index contributed by atoms with van der Waals surface area (Å²) in [5.74, 6) is 0.767. The third-order valence-corrected chi connectivity index (χ3v) is 3.46. The quantitative estimate of drug-likeness (QED) is 0.610. The van der Waals surface area contributed by atoms with Crippen LogP contribution in [-0.2, 0) is 0 Å². The molecule has 0 aromatic carbocycles. The van der Waals surface area contributed by atoms with Crippen molar-refractivity contribution in [1.82, 2.24) is 5.32 Å². The van der Waals surface area contributed by atoms with E-state index < -0.39 is 0 Å². The first-order valence-corrected chi connectivity index (χ1v) is 5.73. The van der Waals surface area contributed by atoms with Gasteiger partial charge in [-0.05, 0) is 44.6 Å². The molecule has 1 heteroatoms. The monoisotopic (exact) mass is 179 g/mol. The zero-order valence-corrected chi connectivity index (χ0v) is 8.90. The Morgan fingerprint density at radius 3 is 2.69 bits per heavy atom. The largest absolute Gasteiger partial charge is 0.310 e. The maximum atomic E-state index is 3.66. The van der Waals surface area contributed by atoms with Crippen LogP contribution in [0.25, 0.3) is 0 Å². The van der Waals surface area contributed by atoms with E-state index in [0.29, 0.717) is 6.04 Å². The second-order valence-corrected chi connectivity index (χ2v) is 4.76. The summed E-state index contributed by atoms with van der Waals surface area (Å²) in [6.45, 7) is 5.88. The van der Waals surface area contributed by atoms with Gasteiger partial charge in [-0.2, -0.15) is 0 Å². The summed E-state index contributed by atoms with van der Waals surface area (Å²) < 4.78 is 0. The Kier molecular flexibility index (Phi) is 2.73. The van der Waals surface area contributed by atoms with Gasteiger partial charge in [0.2, 0.25) is 0 Å². The van der Waals surface area contributed by atoms with Crippen LogP contribution in [0.1, 0.15) is 46.0 Å². The van der Waals surface area contributed by atoms with Gasteiger partial charge >= 0.3 is 0 Å². The van der Waals surface area contributed by atoms with Crippen molar-refractivity contribution in [3.8, 4) is 0 Å². The molecule has 0 aromatic rings. The van der Waals surface area contributed by atoms with E-state index in [-0.39, 0.29) is 0 Å². The van der Waals surface area contributed by atoms with Gasteiger partial charge in [0.25, 0.3) is 0 Å². The van der Waals surface area contributed by atoms with Gasteiger partial charge in [0, 0.05) is 6.04 Å². The van der Waals surface area contributed by atoms with Crippen molar-refractivity contribution in [2.75, 3.05) is 6.54 Å². The molecular weight excluding hydrogens is 158 g/mol. The van der Waals surface area contributed by atoms with Crippen molar-refractivity contribution >= 4 is 0 Å². The van der Waals surface area contributed by atoms with Crippen molar-refractivity contribution in [3.05, 3.63) is 11.1 Å². The standard InChI is InChI=1S/C12H21N/c1-9(2)12-11-6-4-3-5-10(11)7-8-13-12/h9,12-13H,3-8H2,1-2H3. The van der Waals surface area contributed by atoms with Gasteiger partial charge < -0.3 is 5.32 Å². The Hall–Kier alpha value is -0.300. The van der Waals surface area contributed by atoms with Crippen LogP contribution in [0.3, 0.4) is 0 Å². The predicted octanol–water partition coefficient (Wildman–Crippen LogP) is 2.87. The van der Waals surface area contributed by atoms with Gasteiger partial charge in [0.1, 0.15) is 0 Å². The maximum absolute atomic E-state index is 3.66. The third-order valence-electron chi connectivity index (χ3n) is 3.46. The molecule has 1 nitrogen and oxygen atoms in total. The maximum Gasteiger partial charge on any atom is 0.0305 e. The van der Waals surface area contributed by atoms with E-state index in [2.05, 4.69) is 19.2 Å². The van der Waals surface area contributed by atoms with Crippen molar-refractivity contribution in [2.45, 2.75) is 52.0 Å². The van der Waals surface area contributed by atoms with Crippen LogP contribution in [0, 0.1) is 5.92 Å². The van der Waals surface area contributed by atoms with Gasteiger partial charge in [0.15, 0.2) is 0 Å². The Balaban J connectivity index is 2.20. The lowest BCUT2D eigenvalue weighted by Gasteiger charge is -2.35. The van der Waals surface area contributed by atoms with Crippen LogP contribution < -0.4 is 5.32 Å². The molecular formula is C12H21N. The molecule has 0 radical (unpaired) electrons. The predicted molar refractivity (Wildman–Crippen MR) is 56.7 cm³/mol. The summed E-state index contributed by atoms with van der Waals surface area (Å²) >= 11 is 0. The van der Waals surface area contributed by atoms with Crippen molar-refractivity contribution in [3.63, 3.8) is 0 Å². The molecule has 0 bridgehead atoms. The Labute approximate surface area is 81.6 Å². The third kappa shape index (κ3) is 1.80. The molecule has 1 aliphatic carbocycles. The van der Waals surface area contributed by atoms with E-state index in [1.54, 1.807) is 11.1 Å². The molecule has 0 spiro atoms. The number of nitrogens with one attached hydrogen (secondary N) is 1. The first-order valence-electron chi connectivity index (χ1n) is 5.73. The van der Waals surface area contributed by atoms with Crippen LogP contribution in [0.4, 0.5) is 0 Å². The fourth-order valence-corrected chi connectivity index (χ4v) is 2.79. The summed E-state index contributed by atoms with van der Waals surface area (Å²) in [7, 11) is 0. The molecule has 0 saturated heterocycles. The zero-order valence-electron chi connectivity index (χ0n) is 8.90. The molecule has 13 heavy (non-hydrogen) atoms. The number of hydrogen-bond donors (Lipinski definition) is 1. The molecule has 1 atom stereocenters. The smallest absolute Gasteiger partial charge is 0.0305 e. The van der Waals surface area contributed by atoms with Gasteiger partial charge in [-0.3, -0.25) is 0 Å². The SMILES string of the molecule is CC(C)C1NCCC2=C1CCCC2. The Morgan fingerprint density at radius 2 is 1.92 bits per heavy atom. The van der Waals surface area contributed by atoms with Crippen molar-refractivity contribution in [2.24, 2.45) is 5.92 Å². The summed E-state index contributed by atoms with van der Waals surface area (Å²) in [6.07, 6.45) is 6.93. The van der Waals surface area contributed by atoms with E-state index in [1.807, 2.05) is 0 Å². The van der Waals surface area contributed by atoms with Gasteiger partial charge in [-0.25, -0.2) is 0 Å². The lowest BCUT2D eigenvalue weighted by atomic mass is 9.80. The van der Waals surface area contributed by atoms with E-state index in [1.165, 1.54) is 38.6 Å². The second kappa shape index (κ2) is 3.83. The van der Waals surface area contributed by atoms with Gasteiger partial charge in [-0.1, -0.05) is 25.0 Å². The van der Waals surface area contributed by atoms with Crippen molar-refractivity contribution in [1.29, 1.82) is 0 Å². The minimum Gasteiger partial charge on any atom is -0.310 e. The van der Waals surface area contributed by atoms with Crippen LogP contribution in [0.5, 0.6) is 0 Å². The Morgan fingerprint density at radius 1 is 1.15 bits per heavy atom. The minimum atomic E-state index is 0.698. The zero-order chi connectivity index (χ0) is 9.26. The van der Waals surface area contributed by atoms with E-state index in [9.17, 15) is 0 Å². The molecule has 0 fully saturated rings. The van der Waals surface area contributed by atoms with Gasteiger partial charge in [-0.15, -0.1) is 0 Å². The topological polar surface area (TPSA) is 12.0 Å². The number of hydrogen-bond acceptors (Lipinski definition) is 1. The van der Waals surface area contributed by atoms with Gasteiger partial charge in [0.05, 0.1) is 0 Å². The highest BCUT2D eigenvalue weighted by Crippen LogP contribution is 2.33. The van der Waals surface area contributed by atoms with Crippen molar-refractivity contribution < 1.29 is 0 Å². The molecule has 1 aliphatic heterocycles. The van der Waals surface area contributed by atoms with Crippen LogP contribution in [0.15, 0.2) is 11.1 Å².